The molecule has 1 saturated heterocycles. The van der Waals surface area contributed by atoms with E-state index in [1.54, 1.807) is 60.4 Å². The van der Waals surface area contributed by atoms with Crippen molar-refractivity contribution in [3.8, 4) is 11.1 Å². The van der Waals surface area contributed by atoms with Gasteiger partial charge in [0.15, 0.2) is 0 Å². The Kier molecular flexibility index (Phi) is 8.07. The van der Waals surface area contributed by atoms with E-state index in [4.69, 9.17) is 4.74 Å². The highest BCUT2D eigenvalue weighted by Gasteiger charge is 2.32. The third-order valence-electron chi connectivity index (χ3n) is 6.46. The minimum absolute atomic E-state index is 0.217. The highest BCUT2D eigenvalue weighted by molar-refractivity contribution is 8.15. The average molecular weight is 551 g/mol. The van der Waals surface area contributed by atoms with Gasteiger partial charge in [0.1, 0.15) is 5.25 Å². The maximum absolute atomic E-state index is 13.9. The monoisotopic (exact) mass is 550 g/mol. The van der Waals surface area contributed by atoms with E-state index in [9.17, 15) is 19.2 Å². The number of rotatable bonds is 8. The molecule has 1 aliphatic rings. The normalized spacial score (nSPS) is 14.5. The van der Waals surface area contributed by atoms with Crippen LogP contribution in [0.4, 0.5) is 10.5 Å². The summed E-state index contributed by atoms with van der Waals surface area (Å²) in [6.45, 7) is 2.20. The number of imide groups is 1. The standard InChI is InChI=1S/C32H26N2O5S/c1-2-39-31(37)26-9-6-10-27(19-26)34(20-21-11-13-24(14-12-21)28-29(35)33-32(38)40-28)30(36)25-17-15-23(16-18-25)22-7-4-3-5-8-22/h3-19,28H,2,20H2,1H3,(H,33,35,38). The summed E-state index contributed by atoms with van der Waals surface area (Å²) in [5.74, 6) is -1.04. The zero-order valence-electron chi connectivity index (χ0n) is 21.7. The van der Waals surface area contributed by atoms with Crippen LogP contribution in [0.15, 0.2) is 103 Å². The Bertz CT molecular complexity index is 1550. The number of nitrogens with zero attached hydrogens (tertiary/aromatic N) is 1. The van der Waals surface area contributed by atoms with Crippen LogP contribution >= 0.6 is 11.8 Å². The van der Waals surface area contributed by atoms with Crippen molar-refractivity contribution < 1.29 is 23.9 Å². The van der Waals surface area contributed by atoms with Crippen molar-refractivity contribution in [3.05, 3.63) is 125 Å². The minimum atomic E-state index is -0.594. The summed E-state index contributed by atoms with van der Waals surface area (Å²) in [4.78, 5) is 51.6. The zero-order chi connectivity index (χ0) is 28.1. The summed E-state index contributed by atoms with van der Waals surface area (Å²) in [6.07, 6.45) is 0. The fraction of sp³-hybridized carbons (Fsp3) is 0.125. The summed E-state index contributed by atoms with van der Waals surface area (Å²) < 4.78 is 5.16. The molecule has 1 atom stereocenters. The fourth-order valence-corrected chi connectivity index (χ4v) is 5.28. The lowest BCUT2D eigenvalue weighted by molar-refractivity contribution is -0.119. The highest BCUT2D eigenvalue weighted by Crippen LogP contribution is 2.34. The van der Waals surface area contributed by atoms with Crippen LogP contribution in [0.3, 0.4) is 0 Å². The molecule has 0 aromatic heterocycles. The summed E-state index contributed by atoms with van der Waals surface area (Å²) in [5, 5.41) is 1.34. The number of benzene rings is 4. The van der Waals surface area contributed by atoms with Gasteiger partial charge < -0.3 is 9.64 Å². The number of nitrogens with one attached hydrogen (secondary N) is 1. The molecule has 200 valence electrons. The van der Waals surface area contributed by atoms with Gasteiger partial charge in [0, 0.05) is 11.3 Å². The Labute approximate surface area is 236 Å². The van der Waals surface area contributed by atoms with E-state index in [0.29, 0.717) is 22.4 Å². The second-order valence-corrected chi connectivity index (χ2v) is 10.2. The lowest BCUT2D eigenvalue weighted by Crippen LogP contribution is -2.30. The predicted octanol–water partition coefficient (Wildman–Crippen LogP) is 6.40. The van der Waals surface area contributed by atoms with Crippen LogP contribution < -0.4 is 10.2 Å². The van der Waals surface area contributed by atoms with Crippen LogP contribution in [-0.4, -0.2) is 29.6 Å². The third kappa shape index (κ3) is 5.97. The van der Waals surface area contributed by atoms with Crippen molar-refractivity contribution in [1.29, 1.82) is 0 Å². The molecule has 8 heteroatoms. The lowest BCUT2D eigenvalue weighted by Gasteiger charge is -2.24. The number of thioether (sulfide) groups is 1. The summed E-state index contributed by atoms with van der Waals surface area (Å²) in [7, 11) is 0. The first-order valence-electron chi connectivity index (χ1n) is 12.8. The molecule has 0 saturated carbocycles. The maximum Gasteiger partial charge on any atom is 0.338 e. The van der Waals surface area contributed by atoms with Crippen molar-refractivity contribution in [2.75, 3.05) is 11.5 Å². The number of amides is 3. The molecular formula is C32H26N2O5S. The Morgan fingerprint density at radius 2 is 1.52 bits per heavy atom. The van der Waals surface area contributed by atoms with Gasteiger partial charge in [-0.2, -0.15) is 0 Å². The SMILES string of the molecule is CCOC(=O)c1cccc(N(Cc2ccc(C3SC(=O)NC3=O)cc2)C(=O)c2ccc(-c3ccccc3)cc2)c1. The molecule has 0 radical (unpaired) electrons. The molecule has 1 fully saturated rings. The average Bonchev–Trinajstić information content (AvgIpc) is 3.34. The molecule has 7 nitrogen and oxygen atoms in total. The Balaban J connectivity index is 1.45. The third-order valence-corrected chi connectivity index (χ3v) is 7.50. The summed E-state index contributed by atoms with van der Waals surface area (Å²) >= 11 is 0.945. The zero-order valence-corrected chi connectivity index (χ0v) is 22.5. The van der Waals surface area contributed by atoms with Gasteiger partial charge in [-0.05, 0) is 71.3 Å². The molecule has 0 spiro atoms. The van der Waals surface area contributed by atoms with E-state index in [1.165, 1.54) is 0 Å². The number of hydrogen-bond acceptors (Lipinski definition) is 6. The highest BCUT2D eigenvalue weighted by atomic mass is 32.2. The van der Waals surface area contributed by atoms with Crippen LogP contribution in [-0.2, 0) is 16.1 Å². The molecule has 4 aromatic rings. The second kappa shape index (κ2) is 12.0. The predicted molar refractivity (Wildman–Crippen MR) is 155 cm³/mol. The van der Waals surface area contributed by atoms with Gasteiger partial charge in [0.25, 0.3) is 11.1 Å². The first-order chi connectivity index (χ1) is 19.4. The lowest BCUT2D eigenvalue weighted by atomic mass is 10.0. The van der Waals surface area contributed by atoms with E-state index >= 15 is 0 Å². The maximum atomic E-state index is 13.9. The smallest absolute Gasteiger partial charge is 0.338 e. The second-order valence-electron chi connectivity index (χ2n) is 9.12. The number of anilines is 1. The molecule has 0 bridgehead atoms. The summed E-state index contributed by atoms with van der Waals surface area (Å²) in [5.41, 5.74) is 4.96. The topological polar surface area (TPSA) is 92.8 Å². The molecule has 1 unspecified atom stereocenters. The van der Waals surface area contributed by atoms with Crippen molar-refractivity contribution in [2.24, 2.45) is 0 Å². The number of esters is 1. The molecule has 1 heterocycles. The molecule has 0 aliphatic carbocycles. The van der Waals surface area contributed by atoms with Crippen LogP contribution in [0.2, 0.25) is 0 Å². The quantitative estimate of drug-likeness (QED) is 0.255. The first-order valence-corrected chi connectivity index (χ1v) is 13.7. The number of hydrogen-bond donors (Lipinski definition) is 1. The first kappa shape index (κ1) is 26.9. The van der Waals surface area contributed by atoms with E-state index in [1.807, 2.05) is 54.6 Å². The van der Waals surface area contributed by atoms with Crippen molar-refractivity contribution >= 4 is 40.5 Å². The van der Waals surface area contributed by atoms with E-state index < -0.39 is 11.2 Å². The Morgan fingerprint density at radius 1 is 0.825 bits per heavy atom. The summed E-state index contributed by atoms with van der Waals surface area (Å²) in [6, 6.07) is 31.4. The number of ether oxygens (including phenoxy) is 1. The van der Waals surface area contributed by atoms with Gasteiger partial charge in [0.2, 0.25) is 5.91 Å². The van der Waals surface area contributed by atoms with Gasteiger partial charge >= 0.3 is 5.97 Å². The largest absolute Gasteiger partial charge is 0.462 e. The molecule has 3 amide bonds. The molecule has 4 aromatic carbocycles. The minimum Gasteiger partial charge on any atom is -0.462 e. The molecule has 40 heavy (non-hydrogen) atoms. The van der Waals surface area contributed by atoms with E-state index in [0.717, 1.165) is 28.5 Å². The van der Waals surface area contributed by atoms with Crippen molar-refractivity contribution in [1.82, 2.24) is 5.32 Å². The molecule has 1 N–H and O–H groups in total. The van der Waals surface area contributed by atoms with Crippen molar-refractivity contribution in [3.63, 3.8) is 0 Å². The van der Waals surface area contributed by atoms with Crippen LogP contribution in [0, 0.1) is 0 Å². The number of carbonyl (C=O) groups excluding carboxylic acids is 4. The fourth-order valence-electron chi connectivity index (χ4n) is 4.44. The van der Waals surface area contributed by atoms with Gasteiger partial charge in [-0.25, -0.2) is 4.79 Å². The molecular weight excluding hydrogens is 524 g/mol. The molecule has 1 aliphatic heterocycles. The van der Waals surface area contributed by atoms with E-state index in [-0.39, 0.29) is 30.2 Å². The van der Waals surface area contributed by atoms with E-state index in [2.05, 4.69) is 5.32 Å². The van der Waals surface area contributed by atoms with Crippen LogP contribution in [0.5, 0.6) is 0 Å². The molecule has 5 rings (SSSR count). The van der Waals surface area contributed by atoms with Crippen LogP contribution in [0.1, 0.15) is 44.0 Å². The Hall–Kier alpha value is -4.69. The van der Waals surface area contributed by atoms with Gasteiger partial charge in [-0.1, -0.05) is 72.8 Å². The van der Waals surface area contributed by atoms with Gasteiger partial charge in [-0.3, -0.25) is 19.7 Å². The van der Waals surface area contributed by atoms with Crippen LogP contribution in [0.25, 0.3) is 11.1 Å². The van der Waals surface area contributed by atoms with Gasteiger partial charge in [-0.15, -0.1) is 0 Å². The number of carbonyl (C=O) groups is 4. The van der Waals surface area contributed by atoms with Crippen molar-refractivity contribution in [2.45, 2.75) is 18.7 Å². The Morgan fingerprint density at radius 3 is 2.17 bits per heavy atom. The van der Waals surface area contributed by atoms with Gasteiger partial charge in [0.05, 0.1) is 18.7 Å².